The predicted octanol–water partition coefficient (Wildman–Crippen LogP) is 3.87. The molecular weight excluding hydrogens is 304 g/mol. The van der Waals surface area contributed by atoms with Gasteiger partial charge in [0.15, 0.2) is 8.32 Å². The van der Waals surface area contributed by atoms with Crippen LogP contribution >= 0.6 is 0 Å². The van der Waals surface area contributed by atoms with Gasteiger partial charge in [0, 0.05) is 0 Å². The molecule has 0 amide bonds. The first-order valence-corrected chi connectivity index (χ1v) is 12.5. The molecule has 0 unspecified atom stereocenters. The Bertz CT molecular complexity index is 636. The van der Waals surface area contributed by atoms with Crippen molar-refractivity contribution in [3.05, 3.63) is 66.2 Å². The van der Waals surface area contributed by atoms with Gasteiger partial charge in [-0.3, -0.25) is 0 Å². The van der Waals surface area contributed by atoms with Gasteiger partial charge >= 0.3 is 0 Å². The zero-order valence-electron chi connectivity index (χ0n) is 13.5. The number of aromatic hydroxyl groups is 1. The standard InChI is InChI=1S/C18H23O2Si2/c1-5-15-10-12-17(13-11-15)21(2)20-22(3,4)14-16-8-6-7-9-18(16)19/h5-13,19H,1,14H2,2-4H3. The summed E-state index contributed by atoms with van der Waals surface area (Å²) in [6.07, 6.45) is 1.85. The molecule has 0 aromatic heterocycles. The van der Waals surface area contributed by atoms with E-state index in [0.717, 1.165) is 17.2 Å². The van der Waals surface area contributed by atoms with E-state index in [0.29, 0.717) is 5.75 Å². The molecule has 0 atom stereocenters. The summed E-state index contributed by atoms with van der Waals surface area (Å²) in [6, 6.07) is 16.8. The average Bonchev–Trinajstić information content (AvgIpc) is 2.49. The van der Waals surface area contributed by atoms with Crippen molar-refractivity contribution in [1.82, 2.24) is 0 Å². The third-order valence-corrected chi connectivity index (χ3v) is 9.40. The van der Waals surface area contributed by atoms with Crippen molar-refractivity contribution in [2.45, 2.75) is 25.7 Å². The van der Waals surface area contributed by atoms with Gasteiger partial charge < -0.3 is 9.22 Å². The van der Waals surface area contributed by atoms with E-state index in [4.69, 9.17) is 4.12 Å². The van der Waals surface area contributed by atoms with E-state index >= 15 is 0 Å². The lowest BCUT2D eigenvalue weighted by Gasteiger charge is -2.27. The van der Waals surface area contributed by atoms with E-state index < -0.39 is 17.4 Å². The molecule has 0 heterocycles. The number of phenols is 1. The van der Waals surface area contributed by atoms with Crippen molar-refractivity contribution in [1.29, 1.82) is 0 Å². The molecule has 22 heavy (non-hydrogen) atoms. The lowest BCUT2D eigenvalue weighted by molar-refractivity contribution is 0.468. The fraction of sp³-hybridized carbons (Fsp3) is 0.222. The molecule has 0 saturated heterocycles. The number of benzene rings is 2. The van der Waals surface area contributed by atoms with Crippen LogP contribution in [0.25, 0.3) is 6.08 Å². The number of phenolic OH excluding ortho intramolecular Hbond substituents is 1. The maximum Gasteiger partial charge on any atom is 0.231 e. The highest BCUT2D eigenvalue weighted by atomic mass is 28.4. The summed E-state index contributed by atoms with van der Waals surface area (Å²) in [7, 11) is -2.91. The summed E-state index contributed by atoms with van der Waals surface area (Å²) in [4.78, 5) is 0. The summed E-state index contributed by atoms with van der Waals surface area (Å²) in [6.45, 7) is 10.4. The van der Waals surface area contributed by atoms with Crippen LogP contribution in [0, 0.1) is 0 Å². The molecular formula is C18H23O2Si2. The van der Waals surface area contributed by atoms with E-state index in [9.17, 15) is 5.11 Å². The maximum atomic E-state index is 9.95. The van der Waals surface area contributed by atoms with Crippen LogP contribution in [0.3, 0.4) is 0 Å². The first kappa shape index (κ1) is 16.7. The van der Waals surface area contributed by atoms with Crippen LogP contribution in [-0.4, -0.2) is 22.5 Å². The minimum absolute atomic E-state index is 0.367. The maximum absolute atomic E-state index is 9.95. The average molecular weight is 328 g/mol. The Labute approximate surface area is 136 Å². The lowest BCUT2D eigenvalue weighted by atomic mass is 10.2. The highest BCUT2D eigenvalue weighted by Crippen LogP contribution is 2.22. The van der Waals surface area contributed by atoms with Crippen LogP contribution in [0.1, 0.15) is 11.1 Å². The Kier molecular flexibility index (Phi) is 5.39. The Morgan fingerprint density at radius 2 is 1.77 bits per heavy atom. The van der Waals surface area contributed by atoms with Gasteiger partial charge in [0.1, 0.15) is 5.75 Å². The van der Waals surface area contributed by atoms with Crippen LogP contribution < -0.4 is 5.19 Å². The predicted molar refractivity (Wildman–Crippen MR) is 98.2 cm³/mol. The van der Waals surface area contributed by atoms with Gasteiger partial charge in [0.25, 0.3) is 0 Å². The molecule has 115 valence electrons. The summed E-state index contributed by atoms with van der Waals surface area (Å²) < 4.78 is 6.46. The Balaban J connectivity index is 2.06. The summed E-state index contributed by atoms with van der Waals surface area (Å²) in [5, 5.41) is 11.2. The third kappa shape index (κ3) is 4.43. The van der Waals surface area contributed by atoms with Gasteiger partial charge in [-0.15, -0.1) is 0 Å². The Hall–Kier alpha value is -1.63. The molecule has 0 aliphatic carbocycles. The molecule has 2 nitrogen and oxygen atoms in total. The van der Waals surface area contributed by atoms with Crippen LogP contribution in [0.2, 0.25) is 19.6 Å². The lowest BCUT2D eigenvalue weighted by Crippen LogP contribution is -2.44. The largest absolute Gasteiger partial charge is 0.508 e. The fourth-order valence-electron chi connectivity index (χ4n) is 2.48. The van der Waals surface area contributed by atoms with Crippen LogP contribution in [-0.2, 0) is 10.2 Å². The summed E-state index contributed by atoms with van der Waals surface area (Å²) in [5.74, 6) is 0.367. The van der Waals surface area contributed by atoms with Gasteiger partial charge in [-0.2, -0.15) is 0 Å². The molecule has 1 radical (unpaired) electrons. The molecule has 2 rings (SSSR count). The van der Waals surface area contributed by atoms with Crippen molar-refractivity contribution in [3.63, 3.8) is 0 Å². The van der Waals surface area contributed by atoms with Crippen molar-refractivity contribution in [2.24, 2.45) is 0 Å². The highest BCUT2D eigenvalue weighted by Gasteiger charge is 2.27. The quantitative estimate of drug-likeness (QED) is 0.816. The first-order chi connectivity index (χ1) is 10.4. The normalized spacial score (nSPS) is 11.6. The minimum Gasteiger partial charge on any atom is -0.508 e. The topological polar surface area (TPSA) is 29.5 Å². The van der Waals surface area contributed by atoms with Gasteiger partial charge in [0.2, 0.25) is 9.04 Å². The number of rotatable bonds is 6. The van der Waals surface area contributed by atoms with Gasteiger partial charge in [-0.05, 0) is 48.1 Å². The molecule has 0 bridgehead atoms. The van der Waals surface area contributed by atoms with E-state index in [1.165, 1.54) is 5.19 Å². The Morgan fingerprint density at radius 1 is 1.14 bits per heavy atom. The van der Waals surface area contributed by atoms with Crippen LogP contribution in [0.5, 0.6) is 5.75 Å². The van der Waals surface area contributed by atoms with Gasteiger partial charge in [0.05, 0.1) is 0 Å². The van der Waals surface area contributed by atoms with E-state index in [1.54, 1.807) is 6.07 Å². The zero-order chi connectivity index (χ0) is 16.2. The number of hydrogen-bond acceptors (Lipinski definition) is 2. The van der Waals surface area contributed by atoms with E-state index in [1.807, 2.05) is 24.3 Å². The second kappa shape index (κ2) is 7.09. The van der Waals surface area contributed by atoms with E-state index in [-0.39, 0.29) is 0 Å². The molecule has 0 aliphatic rings. The van der Waals surface area contributed by atoms with Crippen molar-refractivity contribution < 1.29 is 9.22 Å². The minimum atomic E-state index is -1.88. The van der Waals surface area contributed by atoms with Crippen molar-refractivity contribution >= 4 is 28.6 Å². The molecule has 2 aromatic rings. The molecule has 0 saturated carbocycles. The fourth-order valence-corrected chi connectivity index (χ4v) is 8.41. The van der Waals surface area contributed by atoms with Crippen molar-refractivity contribution in [2.75, 3.05) is 0 Å². The molecule has 0 spiro atoms. The monoisotopic (exact) mass is 327 g/mol. The zero-order valence-corrected chi connectivity index (χ0v) is 15.5. The van der Waals surface area contributed by atoms with E-state index in [2.05, 4.69) is 50.5 Å². The van der Waals surface area contributed by atoms with Crippen LogP contribution in [0.4, 0.5) is 0 Å². The van der Waals surface area contributed by atoms with Gasteiger partial charge in [-0.25, -0.2) is 0 Å². The number of para-hydroxylation sites is 1. The summed E-state index contributed by atoms with van der Waals surface area (Å²) in [5.41, 5.74) is 2.11. The molecule has 0 aliphatic heterocycles. The summed E-state index contributed by atoms with van der Waals surface area (Å²) >= 11 is 0. The second-order valence-electron chi connectivity index (χ2n) is 6.05. The molecule has 0 fully saturated rings. The van der Waals surface area contributed by atoms with Crippen molar-refractivity contribution in [3.8, 4) is 5.75 Å². The number of hydrogen-bond donors (Lipinski definition) is 1. The smallest absolute Gasteiger partial charge is 0.231 e. The van der Waals surface area contributed by atoms with Crippen LogP contribution in [0.15, 0.2) is 55.1 Å². The third-order valence-electron chi connectivity index (χ3n) is 3.59. The second-order valence-corrected chi connectivity index (χ2v) is 12.4. The Morgan fingerprint density at radius 3 is 2.36 bits per heavy atom. The molecule has 1 N–H and O–H groups in total. The SMILES string of the molecule is C=Cc1ccc([Si](C)O[Si](C)(C)Cc2ccccc2O)cc1. The first-order valence-electron chi connectivity index (χ1n) is 7.43. The highest BCUT2D eigenvalue weighted by molar-refractivity contribution is 6.81. The molecule has 4 heteroatoms. The molecule has 2 aromatic carbocycles. The van der Waals surface area contributed by atoms with Gasteiger partial charge in [-0.1, -0.05) is 55.1 Å².